The first kappa shape index (κ1) is 34.3. The lowest BCUT2D eigenvalue weighted by molar-refractivity contribution is -0.123. The summed E-state index contributed by atoms with van der Waals surface area (Å²) in [5.41, 5.74) is 3.41. The van der Waals surface area contributed by atoms with E-state index in [1.54, 1.807) is 30.7 Å². The molecule has 0 saturated carbocycles. The van der Waals surface area contributed by atoms with Crippen molar-refractivity contribution in [3.8, 4) is 5.75 Å². The quantitative estimate of drug-likeness (QED) is 0.0785. The third-order valence-corrected chi connectivity index (χ3v) is 8.11. The average molecular weight is 648 g/mol. The molecule has 0 saturated heterocycles. The van der Waals surface area contributed by atoms with Crippen LogP contribution in [0.5, 0.6) is 5.75 Å². The van der Waals surface area contributed by atoms with Gasteiger partial charge >= 0.3 is 0 Å². The van der Waals surface area contributed by atoms with Crippen LogP contribution in [0.15, 0.2) is 97.5 Å². The van der Waals surface area contributed by atoms with Crippen LogP contribution in [0.1, 0.15) is 72.2 Å². The van der Waals surface area contributed by atoms with Crippen molar-refractivity contribution >= 4 is 22.6 Å². The van der Waals surface area contributed by atoms with Crippen LogP contribution in [-0.4, -0.2) is 46.0 Å². The van der Waals surface area contributed by atoms with E-state index in [1.807, 2.05) is 55.5 Å². The lowest BCUT2D eigenvalue weighted by atomic mass is 9.99. The number of H-pyrrole nitrogens is 1. The minimum atomic E-state index is -0.718. The SMILES string of the molecule is CCCOc1cccnc1CNCCC[C@H](NC(=O)c1ccc(CNCc2ncc[nH]2)cc1)C(=O)N[C@@H](C)c1cccc2ccccc12. The molecular weight excluding hydrogens is 602 g/mol. The zero-order valence-corrected chi connectivity index (χ0v) is 27.7. The van der Waals surface area contributed by atoms with Crippen LogP contribution < -0.4 is 26.0 Å². The smallest absolute Gasteiger partial charge is 0.251 e. The van der Waals surface area contributed by atoms with Crippen LogP contribution >= 0.6 is 0 Å². The van der Waals surface area contributed by atoms with Crippen LogP contribution in [0.2, 0.25) is 0 Å². The zero-order valence-electron chi connectivity index (χ0n) is 27.7. The molecule has 2 amide bonds. The van der Waals surface area contributed by atoms with Gasteiger partial charge in [-0.25, -0.2) is 4.98 Å². The highest BCUT2D eigenvalue weighted by molar-refractivity contribution is 5.97. The van der Waals surface area contributed by atoms with Crippen molar-refractivity contribution in [1.29, 1.82) is 0 Å². The lowest BCUT2D eigenvalue weighted by Crippen LogP contribution is -2.47. The zero-order chi connectivity index (χ0) is 33.6. The molecule has 0 spiro atoms. The molecule has 0 fully saturated rings. The molecular formula is C38H45N7O3. The summed E-state index contributed by atoms with van der Waals surface area (Å²) >= 11 is 0. The summed E-state index contributed by atoms with van der Waals surface area (Å²) in [6, 6.07) is 24.5. The summed E-state index contributed by atoms with van der Waals surface area (Å²) in [6.45, 7) is 7.12. The number of benzene rings is 3. The molecule has 0 bridgehead atoms. The van der Waals surface area contributed by atoms with Crippen molar-refractivity contribution in [3.63, 3.8) is 0 Å². The first-order valence-electron chi connectivity index (χ1n) is 16.7. The van der Waals surface area contributed by atoms with E-state index in [9.17, 15) is 9.59 Å². The van der Waals surface area contributed by atoms with Gasteiger partial charge in [-0.1, -0.05) is 61.5 Å². The second-order valence-corrected chi connectivity index (χ2v) is 11.8. The van der Waals surface area contributed by atoms with Gasteiger partial charge in [0.15, 0.2) is 0 Å². The van der Waals surface area contributed by atoms with Crippen LogP contribution in [0.4, 0.5) is 0 Å². The van der Waals surface area contributed by atoms with Gasteiger partial charge in [-0.05, 0) is 78.9 Å². The highest BCUT2D eigenvalue weighted by atomic mass is 16.5. The number of nitrogens with one attached hydrogen (secondary N) is 5. The Labute approximate surface area is 282 Å². The van der Waals surface area contributed by atoms with Gasteiger partial charge in [0, 0.05) is 37.2 Å². The second kappa shape index (κ2) is 17.7. The maximum atomic E-state index is 13.7. The van der Waals surface area contributed by atoms with E-state index in [1.165, 1.54) is 0 Å². The van der Waals surface area contributed by atoms with Crippen molar-refractivity contribution in [3.05, 3.63) is 126 Å². The number of pyridine rings is 1. The lowest BCUT2D eigenvalue weighted by Gasteiger charge is -2.23. The second-order valence-electron chi connectivity index (χ2n) is 11.8. The number of hydrogen-bond donors (Lipinski definition) is 5. The standard InChI is InChI=1S/C38H45N7O3/c1-3-23-48-35-14-8-20-41-34(35)25-39-19-7-13-33(38(47)44-27(2)31-12-6-10-29-9-4-5-11-32(29)31)45-37(46)30-17-15-28(16-18-30)24-40-26-36-42-21-22-43-36/h4-6,8-12,14-18,20-22,27,33,39-40H,3,7,13,19,23-26H2,1-2H3,(H,42,43)(H,44,47)(H,45,46)/t27-,33-/m0/s1. The number of imidazole rings is 1. The summed E-state index contributed by atoms with van der Waals surface area (Å²) in [5, 5.41) is 15.1. The fraction of sp³-hybridized carbons (Fsp3) is 0.316. The Kier molecular flexibility index (Phi) is 12.7. The number of aromatic nitrogens is 3. The van der Waals surface area contributed by atoms with Gasteiger partial charge in [0.05, 0.1) is 24.9 Å². The van der Waals surface area contributed by atoms with Gasteiger partial charge in [-0.15, -0.1) is 0 Å². The number of carbonyl (C=O) groups is 2. The van der Waals surface area contributed by atoms with Crippen molar-refractivity contribution in [2.45, 2.75) is 64.8 Å². The van der Waals surface area contributed by atoms with Crippen LogP contribution in [0, 0.1) is 0 Å². The fourth-order valence-corrected chi connectivity index (χ4v) is 5.56. The molecule has 0 aliphatic rings. The first-order valence-corrected chi connectivity index (χ1v) is 16.7. The minimum absolute atomic E-state index is 0.220. The Morgan fingerprint density at radius 3 is 2.50 bits per heavy atom. The maximum Gasteiger partial charge on any atom is 0.251 e. The van der Waals surface area contributed by atoms with E-state index in [0.717, 1.165) is 45.6 Å². The van der Waals surface area contributed by atoms with Crippen LogP contribution in [0.3, 0.4) is 0 Å². The topological polar surface area (TPSA) is 133 Å². The van der Waals surface area contributed by atoms with Crippen molar-refractivity contribution in [2.24, 2.45) is 0 Å². The summed E-state index contributed by atoms with van der Waals surface area (Å²) in [4.78, 5) is 38.9. The van der Waals surface area contributed by atoms with E-state index >= 15 is 0 Å². The fourth-order valence-electron chi connectivity index (χ4n) is 5.56. The number of hydrogen-bond acceptors (Lipinski definition) is 7. The van der Waals surface area contributed by atoms with E-state index in [0.29, 0.717) is 51.2 Å². The van der Waals surface area contributed by atoms with Crippen molar-refractivity contribution < 1.29 is 14.3 Å². The van der Waals surface area contributed by atoms with Crippen LogP contribution in [-0.2, 0) is 24.4 Å². The number of amides is 2. The maximum absolute atomic E-state index is 13.7. The molecule has 5 aromatic rings. The summed E-state index contributed by atoms with van der Waals surface area (Å²) < 4.78 is 5.83. The van der Waals surface area contributed by atoms with E-state index in [4.69, 9.17) is 4.74 Å². The Morgan fingerprint density at radius 1 is 0.854 bits per heavy atom. The number of rotatable bonds is 18. The van der Waals surface area contributed by atoms with Gasteiger partial charge in [-0.3, -0.25) is 14.6 Å². The Balaban J connectivity index is 1.20. The molecule has 0 aliphatic carbocycles. The third-order valence-electron chi connectivity index (χ3n) is 8.11. The minimum Gasteiger partial charge on any atom is -0.492 e. The summed E-state index contributed by atoms with van der Waals surface area (Å²) in [7, 11) is 0. The molecule has 2 heterocycles. The number of carbonyl (C=O) groups excluding carboxylic acids is 2. The number of ether oxygens (including phenoxy) is 1. The molecule has 250 valence electrons. The summed E-state index contributed by atoms with van der Waals surface area (Å²) in [6.07, 6.45) is 7.32. The molecule has 3 aromatic carbocycles. The van der Waals surface area contributed by atoms with E-state index < -0.39 is 6.04 Å². The predicted molar refractivity (Wildman–Crippen MR) is 188 cm³/mol. The number of nitrogens with zero attached hydrogens (tertiary/aromatic N) is 2. The molecule has 0 unspecified atom stereocenters. The molecule has 10 nitrogen and oxygen atoms in total. The average Bonchev–Trinajstić information content (AvgIpc) is 3.64. The number of fused-ring (bicyclic) bond motifs is 1. The Bertz CT molecular complexity index is 1740. The highest BCUT2D eigenvalue weighted by Gasteiger charge is 2.23. The van der Waals surface area contributed by atoms with Crippen molar-refractivity contribution in [2.75, 3.05) is 13.2 Å². The molecule has 0 radical (unpaired) electrons. The Morgan fingerprint density at radius 2 is 1.69 bits per heavy atom. The van der Waals surface area contributed by atoms with Gasteiger partial charge in [0.25, 0.3) is 5.91 Å². The van der Waals surface area contributed by atoms with Crippen molar-refractivity contribution in [1.82, 2.24) is 36.2 Å². The van der Waals surface area contributed by atoms with Gasteiger partial charge in [0.1, 0.15) is 17.6 Å². The molecule has 5 N–H and O–H groups in total. The molecule has 10 heteroatoms. The first-order chi connectivity index (χ1) is 23.5. The normalized spacial score (nSPS) is 12.4. The molecule has 48 heavy (non-hydrogen) atoms. The predicted octanol–water partition coefficient (Wildman–Crippen LogP) is 5.58. The summed E-state index contributed by atoms with van der Waals surface area (Å²) in [5.74, 6) is 1.13. The largest absolute Gasteiger partial charge is 0.492 e. The van der Waals surface area contributed by atoms with Gasteiger partial charge < -0.3 is 31.0 Å². The molecule has 0 aliphatic heterocycles. The van der Waals surface area contributed by atoms with Gasteiger partial charge in [-0.2, -0.15) is 0 Å². The van der Waals surface area contributed by atoms with E-state index in [-0.39, 0.29) is 17.9 Å². The molecule has 2 atom stereocenters. The number of aromatic amines is 1. The molecule has 2 aromatic heterocycles. The molecule has 5 rings (SSSR count). The van der Waals surface area contributed by atoms with E-state index in [2.05, 4.69) is 61.3 Å². The Hall–Kier alpha value is -5.06. The monoisotopic (exact) mass is 647 g/mol. The van der Waals surface area contributed by atoms with Gasteiger partial charge in [0.2, 0.25) is 5.91 Å². The highest BCUT2D eigenvalue weighted by Crippen LogP contribution is 2.24. The third kappa shape index (κ3) is 9.73. The van der Waals surface area contributed by atoms with Crippen LogP contribution in [0.25, 0.3) is 10.8 Å².